The van der Waals surface area contributed by atoms with Crippen molar-refractivity contribution in [2.24, 2.45) is 0 Å². The van der Waals surface area contributed by atoms with Crippen LogP contribution in [0.4, 0.5) is 5.82 Å². The first-order chi connectivity index (χ1) is 12.5. The number of fused-ring (bicyclic) bond motifs is 1. The third kappa shape index (κ3) is 3.02. The van der Waals surface area contributed by atoms with Gasteiger partial charge in [0.05, 0.1) is 21.4 Å². The highest BCUT2D eigenvalue weighted by Gasteiger charge is 2.21. The Hall–Kier alpha value is -2.57. The normalized spacial score (nSPS) is 12.4. The molecule has 1 aromatic carbocycles. The van der Waals surface area contributed by atoms with Crippen LogP contribution in [-0.2, 0) is 0 Å². The number of aryl methyl sites for hydroxylation is 1. The molecule has 0 radical (unpaired) electrons. The molecule has 0 fully saturated rings. The Labute approximate surface area is 159 Å². The van der Waals surface area contributed by atoms with E-state index in [1.165, 1.54) is 0 Å². The van der Waals surface area contributed by atoms with Crippen molar-refractivity contribution in [3.63, 3.8) is 0 Å². The van der Waals surface area contributed by atoms with Crippen molar-refractivity contribution < 1.29 is 0 Å². The molecule has 1 atom stereocenters. The van der Waals surface area contributed by atoms with Gasteiger partial charge >= 0.3 is 0 Å². The summed E-state index contributed by atoms with van der Waals surface area (Å²) in [5.74, 6) is 1.10. The van der Waals surface area contributed by atoms with Gasteiger partial charge in [-0.05, 0) is 36.8 Å². The zero-order valence-electron chi connectivity index (χ0n) is 14.3. The Bertz CT molecular complexity index is 1110. The minimum Gasteiger partial charge on any atom is -0.383 e. The SMILES string of the molecule is Cc1nc(N)c(C(C)c2ccnc(Cl)c2)c(-c2ccc3ncsc3c2)n1. The Morgan fingerprint density at radius 1 is 1.12 bits per heavy atom. The maximum Gasteiger partial charge on any atom is 0.131 e. The number of nitrogens with zero attached hydrogens (tertiary/aromatic N) is 4. The van der Waals surface area contributed by atoms with Crippen LogP contribution in [0.5, 0.6) is 0 Å². The predicted octanol–water partition coefficient (Wildman–Crippen LogP) is 4.84. The van der Waals surface area contributed by atoms with Gasteiger partial charge < -0.3 is 5.73 Å². The van der Waals surface area contributed by atoms with E-state index < -0.39 is 0 Å². The summed E-state index contributed by atoms with van der Waals surface area (Å²) in [6.07, 6.45) is 1.70. The first-order valence-corrected chi connectivity index (χ1v) is 9.38. The molecule has 3 heterocycles. The second-order valence-electron chi connectivity index (χ2n) is 6.09. The van der Waals surface area contributed by atoms with Crippen molar-refractivity contribution in [1.82, 2.24) is 19.9 Å². The molecular formula is C19H16ClN5S. The molecule has 7 heteroatoms. The number of anilines is 1. The van der Waals surface area contributed by atoms with E-state index >= 15 is 0 Å². The number of benzene rings is 1. The number of rotatable bonds is 3. The van der Waals surface area contributed by atoms with Crippen LogP contribution in [0.15, 0.2) is 42.0 Å². The molecule has 0 aliphatic carbocycles. The molecule has 0 saturated heterocycles. The van der Waals surface area contributed by atoms with Crippen molar-refractivity contribution >= 4 is 39.0 Å². The molecule has 0 amide bonds. The smallest absolute Gasteiger partial charge is 0.131 e. The van der Waals surface area contributed by atoms with Crippen molar-refractivity contribution in [3.8, 4) is 11.3 Å². The minimum absolute atomic E-state index is 0.0248. The number of halogens is 1. The molecule has 2 N–H and O–H groups in total. The molecule has 130 valence electrons. The van der Waals surface area contributed by atoms with E-state index in [2.05, 4.69) is 27.9 Å². The zero-order valence-corrected chi connectivity index (χ0v) is 15.8. The Morgan fingerprint density at radius 2 is 1.96 bits per heavy atom. The number of hydrogen-bond acceptors (Lipinski definition) is 6. The summed E-state index contributed by atoms with van der Waals surface area (Å²) in [7, 11) is 0. The van der Waals surface area contributed by atoms with Gasteiger partial charge in [0.2, 0.25) is 0 Å². The van der Waals surface area contributed by atoms with Crippen LogP contribution >= 0.6 is 22.9 Å². The summed E-state index contributed by atoms with van der Waals surface area (Å²) >= 11 is 7.68. The van der Waals surface area contributed by atoms with Crippen molar-refractivity contribution in [1.29, 1.82) is 0 Å². The monoisotopic (exact) mass is 381 g/mol. The fourth-order valence-electron chi connectivity index (χ4n) is 3.11. The topological polar surface area (TPSA) is 77.6 Å². The van der Waals surface area contributed by atoms with Crippen molar-refractivity contribution in [3.05, 3.63) is 64.1 Å². The molecule has 5 nitrogen and oxygen atoms in total. The van der Waals surface area contributed by atoms with Gasteiger partial charge in [-0.1, -0.05) is 24.6 Å². The lowest BCUT2D eigenvalue weighted by molar-refractivity contribution is 0.890. The van der Waals surface area contributed by atoms with Crippen molar-refractivity contribution in [2.45, 2.75) is 19.8 Å². The van der Waals surface area contributed by atoms with Gasteiger partial charge in [-0.2, -0.15) is 0 Å². The third-order valence-electron chi connectivity index (χ3n) is 4.38. The lowest BCUT2D eigenvalue weighted by atomic mass is 9.90. The lowest BCUT2D eigenvalue weighted by Crippen LogP contribution is -2.09. The molecule has 4 rings (SSSR count). The van der Waals surface area contributed by atoms with Crippen LogP contribution in [0.1, 0.15) is 29.8 Å². The largest absolute Gasteiger partial charge is 0.383 e. The van der Waals surface area contributed by atoms with Gasteiger partial charge in [0.25, 0.3) is 0 Å². The number of nitrogen functional groups attached to an aromatic ring is 1. The van der Waals surface area contributed by atoms with E-state index in [1.54, 1.807) is 17.5 Å². The van der Waals surface area contributed by atoms with E-state index in [-0.39, 0.29) is 5.92 Å². The molecule has 0 aliphatic rings. The molecule has 4 aromatic rings. The van der Waals surface area contributed by atoms with Crippen LogP contribution in [0.2, 0.25) is 5.15 Å². The highest BCUT2D eigenvalue weighted by molar-refractivity contribution is 7.16. The summed E-state index contributed by atoms with van der Waals surface area (Å²) in [6, 6.07) is 9.92. The average molecular weight is 382 g/mol. The number of nitrogens with two attached hydrogens (primary N) is 1. The molecule has 3 aromatic heterocycles. The fraction of sp³-hybridized carbons (Fsp3) is 0.158. The Balaban J connectivity index is 1.91. The second-order valence-corrected chi connectivity index (χ2v) is 7.36. The summed E-state index contributed by atoms with van der Waals surface area (Å²) in [4.78, 5) is 17.5. The van der Waals surface area contributed by atoms with Gasteiger partial charge in [0, 0.05) is 23.2 Å². The van der Waals surface area contributed by atoms with Gasteiger partial charge in [0.1, 0.15) is 16.8 Å². The standard InChI is InChI=1S/C19H16ClN5S/c1-10(12-5-6-22-16(20)8-12)17-18(24-11(2)25-19(17)21)13-3-4-14-15(7-13)26-9-23-14/h3-10H,1-2H3,(H2,21,24,25). The first kappa shape index (κ1) is 16.9. The number of pyridine rings is 1. The highest BCUT2D eigenvalue weighted by atomic mass is 35.5. The fourth-order valence-corrected chi connectivity index (χ4v) is 4.00. The second kappa shape index (κ2) is 6.63. The van der Waals surface area contributed by atoms with Crippen LogP contribution in [0.25, 0.3) is 21.5 Å². The van der Waals surface area contributed by atoms with Crippen molar-refractivity contribution in [2.75, 3.05) is 5.73 Å². The molecule has 1 unspecified atom stereocenters. The lowest BCUT2D eigenvalue weighted by Gasteiger charge is -2.19. The third-order valence-corrected chi connectivity index (χ3v) is 5.37. The molecule has 26 heavy (non-hydrogen) atoms. The number of hydrogen-bond donors (Lipinski definition) is 1. The van der Waals surface area contributed by atoms with E-state index in [0.29, 0.717) is 16.8 Å². The number of aromatic nitrogens is 4. The predicted molar refractivity (Wildman–Crippen MR) is 107 cm³/mol. The number of thiazole rings is 1. The zero-order chi connectivity index (χ0) is 18.3. The maximum absolute atomic E-state index is 6.32. The van der Waals surface area contributed by atoms with Gasteiger partial charge in [-0.15, -0.1) is 11.3 Å². The summed E-state index contributed by atoms with van der Waals surface area (Å²) in [5.41, 5.74) is 12.9. The summed E-state index contributed by atoms with van der Waals surface area (Å²) in [6.45, 7) is 3.92. The van der Waals surface area contributed by atoms with E-state index in [0.717, 1.165) is 32.6 Å². The Morgan fingerprint density at radius 3 is 2.77 bits per heavy atom. The van der Waals surface area contributed by atoms with Gasteiger partial charge in [0.15, 0.2) is 0 Å². The van der Waals surface area contributed by atoms with Gasteiger partial charge in [-0.25, -0.2) is 19.9 Å². The van der Waals surface area contributed by atoms with Gasteiger partial charge in [-0.3, -0.25) is 0 Å². The molecule has 0 aliphatic heterocycles. The van der Waals surface area contributed by atoms with Crippen LogP contribution in [0.3, 0.4) is 0 Å². The molecular weight excluding hydrogens is 366 g/mol. The molecule has 0 bridgehead atoms. The van der Waals surface area contributed by atoms with Crippen LogP contribution in [-0.4, -0.2) is 19.9 Å². The summed E-state index contributed by atoms with van der Waals surface area (Å²) < 4.78 is 1.11. The molecule has 0 saturated carbocycles. The van der Waals surface area contributed by atoms with Crippen LogP contribution in [0, 0.1) is 6.92 Å². The van der Waals surface area contributed by atoms with E-state index in [1.807, 2.05) is 36.7 Å². The Kier molecular flexibility index (Phi) is 4.30. The van der Waals surface area contributed by atoms with Crippen LogP contribution < -0.4 is 5.73 Å². The first-order valence-electron chi connectivity index (χ1n) is 8.12. The van der Waals surface area contributed by atoms with E-state index in [4.69, 9.17) is 22.3 Å². The summed E-state index contributed by atoms with van der Waals surface area (Å²) in [5, 5.41) is 0.452. The van der Waals surface area contributed by atoms with E-state index in [9.17, 15) is 0 Å². The quantitative estimate of drug-likeness (QED) is 0.513. The average Bonchev–Trinajstić information content (AvgIpc) is 3.08. The maximum atomic E-state index is 6.32. The molecule has 0 spiro atoms. The highest BCUT2D eigenvalue weighted by Crippen LogP contribution is 2.36. The minimum atomic E-state index is -0.0248.